The number of carboxylic acids is 1. The highest BCUT2D eigenvalue weighted by molar-refractivity contribution is 5.82. The summed E-state index contributed by atoms with van der Waals surface area (Å²) < 4.78 is 0. The topological polar surface area (TPSA) is 82.5 Å². The summed E-state index contributed by atoms with van der Waals surface area (Å²) in [6.07, 6.45) is 4.06. The van der Waals surface area contributed by atoms with E-state index in [1.54, 1.807) is 12.4 Å². The highest BCUT2D eigenvalue weighted by Crippen LogP contribution is 1.98. The van der Waals surface area contributed by atoms with E-state index in [4.69, 9.17) is 5.11 Å². The van der Waals surface area contributed by atoms with Gasteiger partial charge in [-0.3, -0.25) is 4.98 Å². The lowest BCUT2D eigenvalue weighted by molar-refractivity contribution is -0.141. The maximum atomic E-state index is 11.6. The third-order valence-corrected chi connectivity index (χ3v) is 2.70. The van der Waals surface area contributed by atoms with Crippen molar-refractivity contribution in [2.75, 3.05) is 13.6 Å². The number of pyridine rings is 1. The van der Waals surface area contributed by atoms with Crippen LogP contribution in [0.5, 0.6) is 0 Å². The molecule has 0 spiro atoms. The molecule has 6 nitrogen and oxygen atoms in total. The predicted molar refractivity (Wildman–Crippen MR) is 66.2 cm³/mol. The molecular weight excluding hydrogens is 234 g/mol. The summed E-state index contributed by atoms with van der Waals surface area (Å²) in [6, 6.07) is 2.51. The fourth-order valence-corrected chi connectivity index (χ4v) is 1.33. The van der Waals surface area contributed by atoms with Gasteiger partial charge in [0.2, 0.25) is 0 Å². The van der Waals surface area contributed by atoms with Crippen LogP contribution in [-0.4, -0.2) is 46.6 Å². The van der Waals surface area contributed by atoms with Crippen LogP contribution in [-0.2, 0) is 11.2 Å². The molecule has 6 heteroatoms. The van der Waals surface area contributed by atoms with Crippen molar-refractivity contribution >= 4 is 12.0 Å². The van der Waals surface area contributed by atoms with Crippen molar-refractivity contribution in [3.8, 4) is 0 Å². The van der Waals surface area contributed by atoms with Crippen molar-refractivity contribution in [1.29, 1.82) is 0 Å². The molecule has 2 N–H and O–H groups in total. The fraction of sp³-hybridized carbons (Fsp3) is 0.417. The first kappa shape index (κ1) is 14.0. The summed E-state index contributed by atoms with van der Waals surface area (Å²) in [4.78, 5) is 27.4. The van der Waals surface area contributed by atoms with Gasteiger partial charge in [0.1, 0.15) is 6.04 Å². The molecule has 0 radical (unpaired) electrons. The predicted octanol–water partition coefficient (Wildman–Crippen LogP) is 0.739. The summed E-state index contributed by atoms with van der Waals surface area (Å²) in [7, 11) is 1.46. The number of hydrogen-bond acceptors (Lipinski definition) is 3. The van der Waals surface area contributed by atoms with Crippen molar-refractivity contribution in [1.82, 2.24) is 15.2 Å². The first-order chi connectivity index (χ1) is 8.52. The molecule has 1 unspecified atom stereocenters. The number of hydrogen-bond donors (Lipinski definition) is 2. The smallest absolute Gasteiger partial charge is 0.326 e. The van der Waals surface area contributed by atoms with E-state index in [1.807, 2.05) is 12.1 Å². The number of rotatable bonds is 5. The lowest BCUT2D eigenvalue weighted by atomic mass is 10.2. The SMILES string of the molecule is CC(C(=O)O)N(C)C(=O)NCCc1ccncc1. The van der Waals surface area contributed by atoms with Gasteiger partial charge in [-0.05, 0) is 31.0 Å². The number of urea groups is 1. The molecule has 0 aromatic carbocycles. The van der Waals surface area contributed by atoms with Gasteiger partial charge >= 0.3 is 12.0 Å². The Kier molecular flexibility index (Phi) is 5.10. The first-order valence-corrected chi connectivity index (χ1v) is 5.64. The Morgan fingerprint density at radius 1 is 1.44 bits per heavy atom. The molecule has 98 valence electrons. The Bertz CT molecular complexity index is 408. The summed E-state index contributed by atoms with van der Waals surface area (Å²) in [5.41, 5.74) is 1.07. The van der Waals surface area contributed by atoms with Gasteiger partial charge in [-0.25, -0.2) is 9.59 Å². The minimum atomic E-state index is -1.03. The Morgan fingerprint density at radius 3 is 2.61 bits per heavy atom. The number of amides is 2. The first-order valence-electron chi connectivity index (χ1n) is 5.64. The third kappa shape index (κ3) is 4.04. The Morgan fingerprint density at radius 2 is 2.06 bits per heavy atom. The second kappa shape index (κ2) is 6.58. The third-order valence-electron chi connectivity index (χ3n) is 2.70. The van der Waals surface area contributed by atoms with Crippen LogP contribution in [0, 0.1) is 0 Å². The highest BCUT2D eigenvalue weighted by Gasteiger charge is 2.20. The van der Waals surface area contributed by atoms with Crippen molar-refractivity contribution < 1.29 is 14.7 Å². The molecule has 0 aliphatic rings. The van der Waals surface area contributed by atoms with E-state index in [0.29, 0.717) is 13.0 Å². The molecule has 1 aromatic heterocycles. The number of nitrogens with one attached hydrogen (secondary N) is 1. The molecule has 1 aromatic rings. The molecule has 0 fully saturated rings. The van der Waals surface area contributed by atoms with E-state index < -0.39 is 12.0 Å². The lowest BCUT2D eigenvalue weighted by Gasteiger charge is -2.21. The van der Waals surface area contributed by atoms with Crippen molar-refractivity contribution in [2.24, 2.45) is 0 Å². The minimum Gasteiger partial charge on any atom is -0.480 e. The number of carboxylic acid groups (broad SMARTS) is 1. The van der Waals surface area contributed by atoms with Gasteiger partial charge in [0, 0.05) is 26.0 Å². The molecule has 1 rings (SSSR count). The molecule has 0 aliphatic heterocycles. The van der Waals surface area contributed by atoms with Gasteiger partial charge in [0.25, 0.3) is 0 Å². The molecule has 0 aliphatic carbocycles. The zero-order valence-corrected chi connectivity index (χ0v) is 10.5. The molecule has 0 saturated carbocycles. The number of aliphatic carboxylic acids is 1. The van der Waals surface area contributed by atoms with Crippen LogP contribution in [0.15, 0.2) is 24.5 Å². The number of aromatic nitrogens is 1. The van der Waals surface area contributed by atoms with Gasteiger partial charge in [-0.2, -0.15) is 0 Å². The van der Waals surface area contributed by atoms with Crippen LogP contribution in [0.3, 0.4) is 0 Å². The zero-order chi connectivity index (χ0) is 13.5. The van der Waals surface area contributed by atoms with Crippen LogP contribution < -0.4 is 5.32 Å². The number of likely N-dealkylation sites (N-methyl/N-ethyl adjacent to an activating group) is 1. The molecule has 18 heavy (non-hydrogen) atoms. The van der Waals surface area contributed by atoms with Crippen molar-refractivity contribution in [3.05, 3.63) is 30.1 Å². The van der Waals surface area contributed by atoms with Crippen LogP contribution in [0.1, 0.15) is 12.5 Å². The van der Waals surface area contributed by atoms with E-state index in [0.717, 1.165) is 10.5 Å². The normalized spacial score (nSPS) is 11.7. The van der Waals surface area contributed by atoms with Gasteiger partial charge in [0.05, 0.1) is 0 Å². The second-order valence-electron chi connectivity index (χ2n) is 3.96. The molecule has 1 atom stereocenters. The van der Waals surface area contributed by atoms with Gasteiger partial charge in [0.15, 0.2) is 0 Å². The van der Waals surface area contributed by atoms with E-state index >= 15 is 0 Å². The molecular formula is C12H17N3O3. The number of carbonyl (C=O) groups excluding carboxylic acids is 1. The lowest BCUT2D eigenvalue weighted by Crippen LogP contribution is -2.46. The average molecular weight is 251 g/mol. The standard InChI is InChI=1S/C12H17N3O3/c1-9(11(16)17)15(2)12(18)14-8-5-10-3-6-13-7-4-10/h3-4,6-7,9H,5,8H2,1-2H3,(H,14,18)(H,16,17). The van der Waals surface area contributed by atoms with Crippen molar-refractivity contribution in [3.63, 3.8) is 0 Å². The van der Waals surface area contributed by atoms with E-state index in [2.05, 4.69) is 10.3 Å². The summed E-state index contributed by atoms with van der Waals surface area (Å²) in [5.74, 6) is -1.03. The maximum Gasteiger partial charge on any atom is 0.326 e. The highest BCUT2D eigenvalue weighted by atomic mass is 16.4. The van der Waals surface area contributed by atoms with Crippen LogP contribution in [0.4, 0.5) is 4.79 Å². The molecule has 0 saturated heterocycles. The van der Waals surface area contributed by atoms with E-state index in [1.165, 1.54) is 14.0 Å². The second-order valence-corrected chi connectivity index (χ2v) is 3.96. The number of nitrogens with zero attached hydrogens (tertiary/aromatic N) is 2. The molecule has 2 amide bonds. The largest absolute Gasteiger partial charge is 0.480 e. The Balaban J connectivity index is 2.35. The summed E-state index contributed by atoms with van der Waals surface area (Å²) in [6.45, 7) is 1.92. The van der Waals surface area contributed by atoms with Crippen LogP contribution in [0.2, 0.25) is 0 Å². The van der Waals surface area contributed by atoms with Gasteiger partial charge in [-0.1, -0.05) is 0 Å². The van der Waals surface area contributed by atoms with Gasteiger partial charge in [-0.15, -0.1) is 0 Å². The zero-order valence-electron chi connectivity index (χ0n) is 10.5. The fourth-order valence-electron chi connectivity index (χ4n) is 1.33. The van der Waals surface area contributed by atoms with Crippen LogP contribution in [0.25, 0.3) is 0 Å². The Hall–Kier alpha value is -2.11. The van der Waals surface area contributed by atoms with Gasteiger partial charge < -0.3 is 15.3 Å². The van der Waals surface area contributed by atoms with E-state index in [9.17, 15) is 9.59 Å². The summed E-state index contributed by atoms with van der Waals surface area (Å²) >= 11 is 0. The van der Waals surface area contributed by atoms with E-state index in [-0.39, 0.29) is 6.03 Å². The maximum absolute atomic E-state index is 11.6. The average Bonchev–Trinajstić information content (AvgIpc) is 2.38. The summed E-state index contributed by atoms with van der Waals surface area (Å²) in [5, 5.41) is 11.4. The quantitative estimate of drug-likeness (QED) is 0.808. The Labute approximate surface area is 106 Å². The minimum absolute atomic E-state index is 0.390. The van der Waals surface area contributed by atoms with Crippen molar-refractivity contribution in [2.45, 2.75) is 19.4 Å². The number of carbonyl (C=O) groups is 2. The van der Waals surface area contributed by atoms with Crippen LogP contribution >= 0.6 is 0 Å². The molecule has 0 bridgehead atoms. The monoisotopic (exact) mass is 251 g/mol. The molecule has 1 heterocycles.